The van der Waals surface area contributed by atoms with E-state index >= 15 is 0 Å². The van der Waals surface area contributed by atoms with Crippen molar-refractivity contribution in [3.05, 3.63) is 106 Å². The Morgan fingerprint density at radius 2 is 1.77 bits per heavy atom. The lowest BCUT2D eigenvalue weighted by Gasteiger charge is -2.18. The van der Waals surface area contributed by atoms with Crippen LogP contribution in [0.3, 0.4) is 0 Å². The van der Waals surface area contributed by atoms with Crippen molar-refractivity contribution in [2.24, 2.45) is 0 Å². The van der Waals surface area contributed by atoms with Crippen molar-refractivity contribution in [1.82, 2.24) is 9.71 Å². The first-order valence-corrected chi connectivity index (χ1v) is 14.6. The van der Waals surface area contributed by atoms with Gasteiger partial charge in [-0.25, -0.2) is 18.0 Å². The van der Waals surface area contributed by atoms with E-state index in [4.69, 9.17) is 9.15 Å². The number of sulfonamides is 1. The molecule has 1 atom stereocenters. The number of aryl methyl sites for hydroxylation is 2. The molecule has 0 unspecified atom stereocenters. The molecule has 0 saturated heterocycles. The summed E-state index contributed by atoms with van der Waals surface area (Å²) >= 11 is 0. The fraction of sp³-hybridized carbons (Fsp3) is 0.226. The molecule has 2 heterocycles. The highest BCUT2D eigenvalue weighted by atomic mass is 32.2. The molecule has 0 saturated carbocycles. The number of esters is 1. The van der Waals surface area contributed by atoms with Gasteiger partial charge in [-0.1, -0.05) is 49.2 Å². The summed E-state index contributed by atoms with van der Waals surface area (Å²) in [5.74, 6) is -0.642. The third-order valence-electron chi connectivity index (χ3n) is 6.83. The predicted octanol–water partition coefficient (Wildman–Crippen LogP) is 5.42. The van der Waals surface area contributed by atoms with Crippen LogP contribution >= 0.6 is 0 Å². The van der Waals surface area contributed by atoms with Gasteiger partial charge in [-0.3, -0.25) is 0 Å². The molecular weight excluding hydrogens is 528 g/mol. The first-order valence-electron chi connectivity index (χ1n) is 13.2. The molecule has 8 nitrogen and oxygen atoms in total. The van der Waals surface area contributed by atoms with Crippen molar-refractivity contribution >= 4 is 37.9 Å². The summed E-state index contributed by atoms with van der Waals surface area (Å²) in [7, 11) is -4.05. The van der Waals surface area contributed by atoms with Gasteiger partial charge >= 0.3 is 11.6 Å². The lowest BCUT2D eigenvalue weighted by Crippen LogP contribution is -2.44. The summed E-state index contributed by atoms with van der Waals surface area (Å²) in [6, 6.07) is 19.1. The highest BCUT2D eigenvalue weighted by molar-refractivity contribution is 7.89. The molecule has 0 amide bonds. The van der Waals surface area contributed by atoms with E-state index in [2.05, 4.69) is 16.6 Å². The van der Waals surface area contributed by atoms with Gasteiger partial charge in [0.2, 0.25) is 10.0 Å². The molecule has 0 aliphatic carbocycles. The van der Waals surface area contributed by atoms with Crippen molar-refractivity contribution < 1.29 is 22.4 Å². The predicted molar refractivity (Wildman–Crippen MR) is 154 cm³/mol. The van der Waals surface area contributed by atoms with Crippen molar-refractivity contribution in [1.29, 1.82) is 0 Å². The summed E-state index contributed by atoms with van der Waals surface area (Å²) in [6.07, 6.45) is 4.44. The largest absolute Gasteiger partial charge is 0.425 e. The normalized spacial score (nSPS) is 12.6. The molecule has 0 radical (unpaired) electrons. The van der Waals surface area contributed by atoms with E-state index in [-0.39, 0.29) is 17.1 Å². The molecule has 2 aromatic heterocycles. The molecule has 9 heteroatoms. The molecule has 5 aromatic rings. The Balaban J connectivity index is 1.46. The van der Waals surface area contributed by atoms with Crippen LogP contribution in [0.15, 0.2) is 93.1 Å². The molecule has 3 aromatic carbocycles. The number of nitrogens with one attached hydrogen (secondary N) is 2. The van der Waals surface area contributed by atoms with Gasteiger partial charge in [0.25, 0.3) is 0 Å². The molecule has 2 N–H and O–H groups in total. The van der Waals surface area contributed by atoms with Crippen LogP contribution < -0.4 is 15.1 Å². The van der Waals surface area contributed by atoms with E-state index in [1.54, 1.807) is 30.5 Å². The lowest BCUT2D eigenvalue weighted by atomic mass is 10.0. The molecule has 40 heavy (non-hydrogen) atoms. The van der Waals surface area contributed by atoms with Gasteiger partial charge in [0.15, 0.2) is 0 Å². The Morgan fingerprint density at radius 1 is 1.00 bits per heavy atom. The molecule has 0 fully saturated rings. The number of unbranched alkanes of at least 4 members (excludes halogenated alkanes) is 1. The number of rotatable bonds is 10. The van der Waals surface area contributed by atoms with E-state index in [1.165, 1.54) is 24.3 Å². The zero-order valence-electron chi connectivity index (χ0n) is 22.3. The first-order chi connectivity index (χ1) is 19.2. The van der Waals surface area contributed by atoms with Gasteiger partial charge in [0.1, 0.15) is 17.4 Å². The molecule has 0 spiro atoms. The van der Waals surface area contributed by atoms with Gasteiger partial charge in [0.05, 0.1) is 4.90 Å². The van der Waals surface area contributed by atoms with E-state index in [1.807, 2.05) is 31.2 Å². The second-order valence-corrected chi connectivity index (χ2v) is 11.5. The molecular formula is C31H30N2O6S. The van der Waals surface area contributed by atoms with Crippen LogP contribution in [0.5, 0.6) is 5.75 Å². The van der Waals surface area contributed by atoms with Crippen LogP contribution in [-0.2, 0) is 27.7 Å². The Kier molecular flexibility index (Phi) is 7.86. The van der Waals surface area contributed by atoms with Gasteiger partial charge < -0.3 is 14.1 Å². The maximum atomic E-state index is 13.5. The Labute approximate surface area is 232 Å². The topological polar surface area (TPSA) is 118 Å². The SMILES string of the molecule is CCCCc1cc(=O)oc2cc(OC(=O)[C@@H](Cc3c[nH]c4ccccc34)NS(=O)(=O)c3ccc(C)cc3)ccc12. The highest BCUT2D eigenvalue weighted by Gasteiger charge is 2.29. The number of H-pyrrole nitrogens is 1. The van der Waals surface area contributed by atoms with Gasteiger partial charge in [-0.05, 0) is 61.2 Å². The monoisotopic (exact) mass is 558 g/mol. The van der Waals surface area contributed by atoms with Gasteiger partial charge in [0, 0.05) is 41.0 Å². The average molecular weight is 559 g/mol. The van der Waals surface area contributed by atoms with Crippen LogP contribution in [0.1, 0.15) is 36.5 Å². The third kappa shape index (κ3) is 6.00. The summed E-state index contributed by atoms with van der Waals surface area (Å²) < 4.78 is 40.1. The summed E-state index contributed by atoms with van der Waals surface area (Å²) in [4.78, 5) is 28.9. The first kappa shape index (κ1) is 27.4. The number of carbonyl (C=O) groups excluding carboxylic acids is 1. The maximum absolute atomic E-state index is 13.5. The fourth-order valence-corrected chi connectivity index (χ4v) is 5.89. The molecule has 206 valence electrons. The molecule has 5 rings (SSSR count). The number of para-hydroxylation sites is 1. The average Bonchev–Trinajstić information content (AvgIpc) is 3.34. The summed E-state index contributed by atoms with van der Waals surface area (Å²) in [5.41, 5.74) is 3.23. The summed E-state index contributed by atoms with van der Waals surface area (Å²) in [6.45, 7) is 3.93. The minimum Gasteiger partial charge on any atom is -0.425 e. The molecule has 0 aliphatic heterocycles. The standard InChI is InChI=1S/C31H30N2O6S/c1-3-4-7-21-17-30(34)39-29-18-23(12-15-26(21)29)38-31(35)28(16-22-19-32-27-9-6-5-8-25(22)27)33-40(36,37)24-13-10-20(2)11-14-24/h5-6,8-15,17-19,28,32-33H,3-4,7,16H2,1-2H3/t28-/m1/s1. The van der Waals surface area contributed by atoms with Gasteiger partial charge in [-0.15, -0.1) is 0 Å². The number of hydrogen-bond donors (Lipinski definition) is 2. The minimum atomic E-state index is -4.05. The number of fused-ring (bicyclic) bond motifs is 2. The Bertz CT molecular complexity index is 1840. The van der Waals surface area contributed by atoms with Crippen molar-refractivity contribution in [3.63, 3.8) is 0 Å². The van der Waals surface area contributed by atoms with Crippen molar-refractivity contribution in [2.75, 3.05) is 0 Å². The highest BCUT2D eigenvalue weighted by Crippen LogP contribution is 2.25. The Morgan fingerprint density at radius 3 is 2.55 bits per heavy atom. The van der Waals surface area contributed by atoms with Crippen LogP contribution in [0.2, 0.25) is 0 Å². The third-order valence-corrected chi connectivity index (χ3v) is 8.32. The number of benzene rings is 3. The number of aromatic amines is 1. The van der Waals surface area contributed by atoms with E-state index in [0.717, 1.165) is 52.2 Å². The number of carbonyl (C=O) groups is 1. The maximum Gasteiger partial charge on any atom is 0.336 e. The lowest BCUT2D eigenvalue weighted by molar-refractivity contribution is -0.136. The number of ether oxygens (including phenoxy) is 1. The van der Waals surface area contributed by atoms with Crippen LogP contribution in [0, 0.1) is 6.92 Å². The van der Waals surface area contributed by atoms with E-state index in [9.17, 15) is 18.0 Å². The molecule has 0 bridgehead atoms. The fourth-order valence-electron chi connectivity index (χ4n) is 4.70. The summed E-state index contributed by atoms with van der Waals surface area (Å²) in [5, 5.41) is 1.64. The zero-order valence-corrected chi connectivity index (χ0v) is 23.1. The van der Waals surface area contributed by atoms with Crippen LogP contribution in [0.25, 0.3) is 21.9 Å². The van der Waals surface area contributed by atoms with Crippen LogP contribution in [0.4, 0.5) is 0 Å². The van der Waals surface area contributed by atoms with Gasteiger partial charge in [-0.2, -0.15) is 4.72 Å². The second kappa shape index (κ2) is 11.5. The molecule has 0 aliphatic rings. The van der Waals surface area contributed by atoms with Crippen molar-refractivity contribution in [3.8, 4) is 5.75 Å². The minimum absolute atomic E-state index is 0.0434. The number of hydrogen-bond acceptors (Lipinski definition) is 6. The van der Waals surface area contributed by atoms with Crippen molar-refractivity contribution in [2.45, 2.75) is 50.5 Å². The van der Waals surface area contributed by atoms with E-state index in [0.29, 0.717) is 5.58 Å². The Hall–Kier alpha value is -4.21. The smallest absolute Gasteiger partial charge is 0.336 e. The number of aromatic nitrogens is 1. The second-order valence-electron chi connectivity index (χ2n) is 9.82. The van der Waals surface area contributed by atoms with E-state index < -0.39 is 27.7 Å². The van der Waals surface area contributed by atoms with Crippen LogP contribution in [-0.4, -0.2) is 25.4 Å². The quantitative estimate of drug-likeness (QED) is 0.134. The zero-order chi connectivity index (χ0) is 28.3.